The summed E-state index contributed by atoms with van der Waals surface area (Å²) in [6.07, 6.45) is 8.55. The fourth-order valence-corrected chi connectivity index (χ4v) is 6.18. The van der Waals surface area contributed by atoms with Gasteiger partial charge in [0.25, 0.3) is 0 Å². The number of aryl methyl sites for hydroxylation is 1. The number of hydrogen-bond donors (Lipinski definition) is 4. The molecule has 2 aliphatic heterocycles. The lowest BCUT2D eigenvalue weighted by Gasteiger charge is -2.36. The van der Waals surface area contributed by atoms with E-state index in [-0.39, 0.29) is 29.7 Å². The van der Waals surface area contributed by atoms with E-state index in [4.69, 9.17) is 4.98 Å². The number of alkyl halides is 1. The summed E-state index contributed by atoms with van der Waals surface area (Å²) in [6, 6.07) is 5.11. The molecule has 1 aromatic heterocycles. The van der Waals surface area contributed by atoms with Crippen LogP contribution in [0.2, 0.25) is 0 Å². The minimum atomic E-state index is -0.987. The highest BCUT2D eigenvalue weighted by atomic mass is 19.1. The van der Waals surface area contributed by atoms with Crippen molar-refractivity contribution in [3.8, 4) is 5.75 Å². The lowest BCUT2D eigenvalue weighted by molar-refractivity contribution is 0.135. The quantitative estimate of drug-likeness (QED) is 0.537. The van der Waals surface area contributed by atoms with Crippen LogP contribution in [-0.2, 0) is 6.42 Å². The lowest BCUT2D eigenvalue weighted by atomic mass is 9.71. The molecule has 0 spiro atoms. The summed E-state index contributed by atoms with van der Waals surface area (Å²) in [6.45, 7) is 5.28. The van der Waals surface area contributed by atoms with Gasteiger partial charge in [-0.15, -0.1) is 0 Å². The van der Waals surface area contributed by atoms with Gasteiger partial charge in [-0.3, -0.25) is 10.3 Å². The van der Waals surface area contributed by atoms with Crippen molar-refractivity contribution in [2.24, 2.45) is 11.8 Å². The Hall–Kier alpha value is -2.22. The number of nitrogens with one attached hydrogen (secondary N) is 3. The number of benzene rings is 1. The fourth-order valence-electron chi connectivity index (χ4n) is 6.18. The first-order valence-corrected chi connectivity index (χ1v) is 12.5. The van der Waals surface area contributed by atoms with E-state index in [2.05, 4.69) is 33.7 Å². The number of rotatable bonds is 6. The van der Waals surface area contributed by atoms with Crippen molar-refractivity contribution in [2.45, 2.75) is 63.2 Å². The average Bonchev–Trinajstić information content (AvgIpc) is 3.20. The maximum Gasteiger partial charge on any atom is 0.125 e. The van der Waals surface area contributed by atoms with Crippen LogP contribution in [-0.4, -0.2) is 51.8 Å². The molecule has 2 saturated carbocycles. The monoisotopic (exact) mass is 451 g/mol. The second kappa shape index (κ2) is 8.53. The van der Waals surface area contributed by atoms with E-state index < -0.39 is 6.17 Å². The summed E-state index contributed by atoms with van der Waals surface area (Å²) in [4.78, 5) is 10.8. The van der Waals surface area contributed by atoms with E-state index in [1.807, 2.05) is 12.3 Å². The number of phenols is 1. The van der Waals surface area contributed by atoms with Gasteiger partial charge >= 0.3 is 0 Å². The Morgan fingerprint density at radius 1 is 1.18 bits per heavy atom. The highest BCUT2D eigenvalue weighted by molar-refractivity contribution is 5.66. The van der Waals surface area contributed by atoms with Crippen LogP contribution >= 0.6 is 0 Å². The number of H-pyrrole nitrogens is 1. The van der Waals surface area contributed by atoms with Gasteiger partial charge in [0.1, 0.15) is 17.7 Å². The first kappa shape index (κ1) is 21.3. The van der Waals surface area contributed by atoms with Gasteiger partial charge in [0, 0.05) is 31.5 Å². The van der Waals surface area contributed by atoms with E-state index in [0.717, 1.165) is 60.9 Å². The van der Waals surface area contributed by atoms with Crippen LogP contribution in [0.5, 0.6) is 5.75 Å². The van der Waals surface area contributed by atoms with E-state index >= 15 is 4.39 Å². The topological polar surface area (TPSA) is 76.2 Å². The normalized spacial score (nSPS) is 32.2. The predicted octanol–water partition coefficient (Wildman–Crippen LogP) is 3.84. The number of imidazole rings is 1. The number of aromatic hydroxyl groups is 1. The molecule has 2 aromatic rings. The van der Waals surface area contributed by atoms with Crippen LogP contribution in [0.15, 0.2) is 30.5 Å². The van der Waals surface area contributed by atoms with E-state index in [9.17, 15) is 5.11 Å². The van der Waals surface area contributed by atoms with Gasteiger partial charge < -0.3 is 10.1 Å². The zero-order valence-corrected chi connectivity index (χ0v) is 19.2. The lowest BCUT2D eigenvalue weighted by Crippen LogP contribution is -2.45. The predicted molar refractivity (Wildman–Crippen MR) is 126 cm³/mol. The Morgan fingerprint density at radius 2 is 2.06 bits per heavy atom. The highest BCUT2D eigenvalue weighted by Gasteiger charge is 2.48. The number of aromatic amines is 1. The molecule has 6 rings (SSSR count). The van der Waals surface area contributed by atoms with E-state index in [1.54, 1.807) is 12.1 Å². The van der Waals surface area contributed by atoms with Crippen molar-refractivity contribution >= 4 is 5.57 Å². The molecule has 5 unspecified atom stereocenters. The molecule has 0 amide bonds. The van der Waals surface area contributed by atoms with E-state index in [1.165, 1.54) is 25.0 Å². The Balaban J connectivity index is 1.15. The van der Waals surface area contributed by atoms with Crippen LogP contribution < -0.4 is 10.9 Å². The van der Waals surface area contributed by atoms with Crippen molar-refractivity contribution in [3.05, 3.63) is 53.1 Å². The molecule has 6 nitrogen and oxygen atoms in total. The van der Waals surface area contributed by atoms with Gasteiger partial charge in [-0.05, 0) is 66.9 Å². The molecular formula is C26H34FN5O. The molecule has 1 aromatic carbocycles. The van der Waals surface area contributed by atoms with Crippen LogP contribution in [0.3, 0.4) is 0 Å². The number of fused-ring (bicyclic) bond motifs is 1. The summed E-state index contributed by atoms with van der Waals surface area (Å²) < 4.78 is 15.8. The summed E-state index contributed by atoms with van der Waals surface area (Å²) in [5.41, 5.74) is 11.1. The molecule has 0 bridgehead atoms. The Bertz CT molecular complexity index is 1050. The largest absolute Gasteiger partial charge is 0.508 e. The molecule has 33 heavy (non-hydrogen) atoms. The third-order valence-corrected chi connectivity index (χ3v) is 8.18. The van der Waals surface area contributed by atoms with Crippen LogP contribution in [0.4, 0.5) is 4.39 Å². The minimum absolute atomic E-state index is 0.0158. The Kier molecular flexibility index (Phi) is 5.51. The van der Waals surface area contributed by atoms with E-state index in [0.29, 0.717) is 0 Å². The Morgan fingerprint density at radius 3 is 2.88 bits per heavy atom. The molecule has 7 heteroatoms. The molecule has 176 valence electrons. The number of hydrazine groups is 1. The number of halogens is 1. The van der Waals surface area contributed by atoms with Crippen LogP contribution in [0, 0.1) is 11.8 Å². The molecule has 1 saturated heterocycles. The summed E-state index contributed by atoms with van der Waals surface area (Å²) in [7, 11) is 0. The molecule has 2 aliphatic carbocycles. The van der Waals surface area contributed by atoms with Crippen molar-refractivity contribution in [3.63, 3.8) is 0 Å². The molecule has 3 fully saturated rings. The maximum atomic E-state index is 15.8. The number of hydrogen-bond acceptors (Lipinski definition) is 5. The van der Waals surface area contributed by atoms with Crippen molar-refractivity contribution in [1.82, 2.24) is 25.7 Å². The zero-order valence-electron chi connectivity index (χ0n) is 19.2. The third kappa shape index (κ3) is 4.00. The van der Waals surface area contributed by atoms with Gasteiger partial charge in [0.15, 0.2) is 0 Å². The molecule has 0 radical (unpaired) electrons. The number of phenolic OH excluding ortho intramolecular Hbond substituents is 1. The average molecular weight is 452 g/mol. The highest BCUT2D eigenvalue weighted by Crippen LogP contribution is 2.45. The fraction of sp³-hybridized carbons (Fsp3) is 0.577. The number of nitrogens with zero attached hydrogens (tertiary/aromatic N) is 2. The molecular weight excluding hydrogens is 417 g/mol. The second-order valence-electron chi connectivity index (χ2n) is 10.4. The molecule has 4 N–H and O–H groups in total. The first-order chi connectivity index (χ1) is 16.1. The summed E-state index contributed by atoms with van der Waals surface area (Å²) in [5.74, 6) is 2.06. The van der Waals surface area contributed by atoms with Gasteiger partial charge in [-0.25, -0.2) is 14.8 Å². The van der Waals surface area contributed by atoms with Gasteiger partial charge in [-0.2, -0.15) is 0 Å². The SMILES string of the molecule is CCc1cc(O)ccc1C1CCC2C(c3ncc(C4=CCN(CC5CC5)C4)[nH]3)NNC2C1F. The third-order valence-electron chi connectivity index (χ3n) is 8.18. The van der Waals surface area contributed by atoms with Gasteiger partial charge in [0.05, 0.1) is 24.0 Å². The second-order valence-corrected chi connectivity index (χ2v) is 10.4. The van der Waals surface area contributed by atoms with Gasteiger partial charge in [-0.1, -0.05) is 19.1 Å². The smallest absolute Gasteiger partial charge is 0.125 e. The molecule has 3 heterocycles. The maximum absolute atomic E-state index is 15.8. The van der Waals surface area contributed by atoms with Crippen molar-refractivity contribution in [1.29, 1.82) is 0 Å². The summed E-state index contributed by atoms with van der Waals surface area (Å²) >= 11 is 0. The standard InChI is InChI=1S/C26H34FN5O/c1-2-16-11-18(33)5-6-19(16)20-7-8-21-24(23(20)27)30-31-25(21)26-28-12-22(29-26)17-9-10-32(14-17)13-15-3-4-15/h5-6,9,11-12,15,20-21,23-25,30-31,33H,2-4,7-8,10,13-14H2,1H3,(H,28,29). The first-order valence-electron chi connectivity index (χ1n) is 12.5. The molecule has 4 aliphatic rings. The van der Waals surface area contributed by atoms with Crippen molar-refractivity contribution < 1.29 is 9.50 Å². The van der Waals surface area contributed by atoms with Crippen molar-refractivity contribution in [2.75, 3.05) is 19.6 Å². The van der Waals surface area contributed by atoms with Gasteiger partial charge in [0.2, 0.25) is 0 Å². The van der Waals surface area contributed by atoms with Crippen LogP contribution in [0.1, 0.15) is 67.2 Å². The summed E-state index contributed by atoms with van der Waals surface area (Å²) in [5, 5.41) is 9.85. The number of aromatic nitrogens is 2. The molecule has 5 atom stereocenters. The minimum Gasteiger partial charge on any atom is -0.508 e. The Labute approximate surface area is 194 Å². The zero-order chi connectivity index (χ0) is 22.5. The van der Waals surface area contributed by atoms with Crippen LogP contribution in [0.25, 0.3) is 5.57 Å².